The molecular formula is C21H17FN2O2S. The number of anilines is 1. The lowest BCUT2D eigenvalue weighted by Crippen LogP contribution is -2.38. The Balaban J connectivity index is 1.88. The van der Waals surface area contributed by atoms with E-state index in [0.717, 1.165) is 16.0 Å². The molecule has 6 heteroatoms. The molecule has 3 aromatic rings. The van der Waals surface area contributed by atoms with Gasteiger partial charge >= 0.3 is 0 Å². The molecule has 0 spiro atoms. The summed E-state index contributed by atoms with van der Waals surface area (Å²) >= 11 is 1.52. The summed E-state index contributed by atoms with van der Waals surface area (Å²) < 4.78 is 13.7. The topological polar surface area (TPSA) is 49.4 Å². The zero-order chi connectivity index (χ0) is 19.0. The summed E-state index contributed by atoms with van der Waals surface area (Å²) in [6.45, 7) is 1.86. The number of amides is 2. The quantitative estimate of drug-likeness (QED) is 0.717. The number of rotatable bonds is 2. The minimum absolute atomic E-state index is 0.106. The first-order valence-corrected chi connectivity index (χ1v) is 9.41. The van der Waals surface area contributed by atoms with Gasteiger partial charge in [0.25, 0.3) is 5.91 Å². The number of aryl methyl sites for hydroxylation is 1. The van der Waals surface area contributed by atoms with Crippen LogP contribution in [0.1, 0.15) is 32.4 Å². The van der Waals surface area contributed by atoms with E-state index in [-0.39, 0.29) is 23.9 Å². The fourth-order valence-corrected chi connectivity index (χ4v) is 4.21. The molecule has 1 aliphatic rings. The zero-order valence-electron chi connectivity index (χ0n) is 14.6. The standard InChI is InChI=1S/C21H17FN2O2S/c1-13-7-8-17-16(10-13)20(18-6-3-9-27-18)24(12-19(25)23-17)21(26)14-4-2-5-15(22)11-14/h2-11,20H,12H2,1H3,(H,23,25). The average molecular weight is 380 g/mol. The highest BCUT2D eigenvalue weighted by Crippen LogP contribution is 2.38. The molecule has 0 bridgehead atoms. The second-order valence-corrected chi connectivity index (χ2v) is 7.48. The van der Waals surface area contributed by atoms with Crippen molar-refractivity contribution in [3.8, 4) is 0 Å². The first-order chi connectivity index (χ1) is 13.0. The zero-order valence-corrected chi connectivity index (χ0v) is 15.4. The number of hydrogen-bond acceptors (Lipinski definition) is 3. The van der Waals surface area contributed by atoms with Crippen LogP contribution in [-0.2, 0) is 4.79 Å². The Labute approximate surface area is 160 Å². The fraction of sp³-hybridized carbons (Fsp3) is 0.143. The Hall–Kier alpha value is -2.99. The van der Waals surface area contributed by atoms with Gasteiger partial charge in [-0.1, -0.05) is 29.8 Å². The van der Waals surface area contributed by atoms with Gasteiger partial charge in [-0.2, -0.15) is 0 Å². The monoisotopic (exact) mass is 380 g/mol. The molecule has 27 heavy (non-hydrogen) atoms. The minimum Gasteiger partial charge on any atom is -0.324 e. The SMILES string of the molecule is Cc1ccc2c(c1)C(c1cccs1)N(C(=O)c1cccc(F)c1)CC(=O)N2. The lowest BCUT2D eigenvalue weighted by atomic mass is 9.99. The third kappa shape index (κ3) is 3.36. The minimum atomic E-state index is -0.482. The number of fused-ring (bicyclic) bond motifs is 1. The number of nitrogens with one attached hydrogen (secondary N) is 1. The number of thiophene rings is 1. The molecule has 0 saturated heterocycles. The summed E-state index contributed by atoms with van der Waals surface area (Å²) in [5.74, 6) is -1.13. The molecule has 0 fully saturated rings. The van der Waals surface area contributed by atoms with Gasteiger partial charge in [0.2, 0.25) is 5.91 Å². The summed E-state index contributed by atoms with van der Waals surface area (Å²) in [7, 11) is 0. The highest BCUT2D eigenvalue weighted by Gasteiger charge is 2.34. The normalized spacial score (nSPS) is 16.4. The number of nitrogens with zero attached hydrogens (tertiary/aromatic N) is 1. The molecule has 1 unspecified atom stereocenters. The third-order valence-electron chi connectivity index (χ3n) is 4.55. The summed E-state index contributed by atoms with van der Waals surface area (Å²) in [6, 6.07) is 14.8. The van der Waals surface area contributed by atoms with E-state index >= 15 is 0 Å². The fourth-order valence-electron chi connectivity index (χ4n) is 3.36. The van der Waals surface area contributed by atoms with E-state index in [4.69, 9.17) is 0 Å². The van der Waals surface area contributed by atoms with E-state index in [1.807, 2.05) is 42.6 Å². The van der Waals surface area contributed by atoms with E-state index in [2.05, 4.69) is 5.32 Å². The van der Waals surface area contributed by atoms with Crippen molar-refractivity contribution in [3.05, 3.63) is 87.4 Å². The van der Waals surface area contributed by atoms with Crippen molar-refractivity contribution < 1.29 is 14.0 Å². The molecule has 4 rings (SSSR count). The van der Waals surface area contributed by atoms with Crippen molar-refractivity contribution in [1.82, 2.24) is 4.90 Å². The largest absolute Gasteiger partial charge is 0.324 e. The van der Waals surface area contributed by atoms with Gasteiger partial charge in [-0.25, -0.2) is 4.39 Å². The molecule has 1 N–H and O–H groups in total. The van der Waals surface area contributed by atoms with E-state index < -0.39 is 11.9 Å². The molecule has 1 aromatic heterocycles. The Morgan fingerprint density at radius 1 is 1.19 bits per heavy atom. The second kappa shape index (κ2) is 6.96. The summed E-state index contributed by atoms with van der Waals surface area (Å²) in [6.07, 6.45) is 0. The van der Waals surface area contributed by atoms with E-state index in [0.29, 0.717) is 5.69 Å². The van der Waals surface area contributed by atoms with Crippen LogP contribution in [0.3, 0.4) is 0 Å². The molecule has 2 amide bonds. The van der Waals surface area contributed by atoms with Crippen molar-refractivity contribution in [1.29, 1.82) is 0 Å². The maximum Gasteiger partial charge on any atom is 0.255 e. The Kier molecular flexibility index (Phi) is 4.49. The van der Waals surface area contributed by atoms with Crippen LogP contribution in [0, 0.1) is 12.7 Å². The molecule has 1 aliphatic heterocycles. The molecule has 0 saturated carbocycles. The van der Waals surface area contributed by atoms with E-state index in [1.54, 1.807) is 6.07 Å². The number of carbonyl (C=O) groups is 2. The van der Waals surface area contributed by atoms with Crippen LogP contribution < -0.4 is 5.32 Å². The Morgan fingerprint density at radius 2 is 2.04 bits per heavy atom. The van der Waals surface area contributed by atoms with Crippen molar-refractivity contribution in [3.63, 3.8) is 0 Å². The summed E-state index contributed by atoms with van der Waals surface area (Å²) in [5, 5.41) is 4.83. The lowest BCUT2D eigenvalue weighted by molar-refractivity contribution is -0.117. The van der Waals surface area contributed by atoms with Gasteiger partial charge in [-0.3, -0.25) is 9.59 Å². The predicted molar refractivity (Wildman–Crippen MR) is 103 cm³/mol. The van der Waals surface area contributed by atoms with Crippen LogP contribution in [0.5, 0.6) is 0 Å². The maximum absolute atomic E-state index is 13.7. The highest BCUT2D eigenvalue weighted by molar-refractivity contribution is 7.10. The average Bonchev–Trinajstić information content (AvgIpc) is 3.12. The molecule has 1 atom stereocenters. The molecule has 2 aromatic carbocycles. The molecular weight excluding hydrogens is 363 g/mol. The summed E-state index contributed by atoms with van der Waals surface area (Å²) in [4.78, 5) is 28.2. The van der Waals surface area contributed by atoms with Crippen LogP contribution >= 0.6 is 11.3 Å². The van der Waals surface area contributed by atoms with Crippen LogP contribution in [0.15, 0.2) is 60.0 Å². The Morgan fingerprint density at radius 3 is 2.78 bits per heavy atom. The second-order valence-electron chi connectivity index (χ2n) is 6.50. The number of hydrogen-bond donors (Lipinski definition) is 1. The van der Waals surface area contributed by atoms with E-state index in [1.165, 1.54) is 34.4 Å². The van der Waals surface area contributed by atoms with Gasteiger partial charge in [0, 0.05) is 21.7 Å². The van der Waals surface area contributed by atoms with Gasteiger partial charge in [-0.15, -0.1) is 11.3 Å². The molecule has 2 heterocycles. The van der Waals surface area contributed by atoms with Crippen molar-refractivity contribution >= 4 is 28.8 Å². The van der Waals surface area contributed by atoms with Crippen LogP contribution in [0.25, 0.3) is 0 Å². The van der Waals surface area contributed by atoms with Crippen LogP contribution in [-0.4, -0.2) is 23.3 Å². The van der Waals surface area contributed by atoms with E-state index in [9.17, 15) is 14.0 Å². The van der Waals surface area contributed by atoms with Crippen molar-refractivity contribution in [2.24, 2.45) is 0 Å². The van der Waals surface area contributed by atoms with Gasteiger partial charge in [0.15, 0.2) is 0 Å². The Bertz CT molecular complexity index is 1020. The first-order valence-electron chi connectivity index (χ1n) is 8.53. The molecule has 136 valence electrons. The van der Waals surface area contributed by atoms with Gasteiger partial charge in [-0.05, 0) is 42.6 Å². The summed E-state index contributed by atoms with van der Waals surface area (Å²) in [5.41, 5.74) is 2.80. The molecule has 0 aliphatic carbocycles. The highest BCUT2D eigenvalue weighted by atomic mass is 32.1. The number of carbonyl (C=O) groups excluding carboxylic acids is 2. The number of benzene rings is 2. The number of halogens is 1. The first kappa shape index (κ1) is 17.4. The lowest BCUT2D eigenvalue weighted by Gasteiger charge is -2.29. The third-order valence-corrected chi connectivity index (χ3v) is 5.47. The molecule has 4 nitrogen and oxygen atoms in total. The molecule has 0 radical (unpaired) electrons. The van der Waals surface area contributed by atoms with Crippen LogP contribution in [0.2, 0.25) is 0 Å². The van der Waals surface area contributed by atoms with Crippen LogP contribution in [0.4, 0.5) is 10.1 Å². The van der Waals surface area contributed by atoms with Gasteiger partial charge < -0.3 is 10.2 Å². The smallest absolute Gasteiger partial charge is 0.255 e. The van der Waals surface area contributed by atoms with Gasteiger partial charge in [0.1, 0.15) is 12.4 Å². The van der Waals surface area contributed by atoms with Gasteiger partial charge in [0.05, 0.1) is 6.04 Å². The maximum atomic E-state index is 13.7. The predicted octanol–water partition coefficient (Wildman–Crippen LogP) is 4.38. The van der Waals surface area contributed by atoms with Crippen molar-refractivity contribution in [2.75, 3.05) is 11.9 Å². The van der Waals surface area contributed by atoms with Crippen molar-refractivity contribution in [2.45, 2.75) is 13.0 Å².